The van der Waals surface area contributed by atoms with Crippen LogP contribution in [0.4, 0.5) is 0 Å². The highest BCUT2D eigenvalue weighted by Gasteiger charge is 2.19. The molecule has 0 amide bonds. The van der Waals surface area contributed by atoms with E-state index >= 15 is 0 Å². The van der Waals surface area contributed by atoms with Crippen molar-refractivity contribution in [1.82, 2.24) is 0 Å². The van der Waals surface area contributed by atoms with Gasteiger partial charge in [-0.3, -0.25) is 14.4 Å². The summed E-state index contributed by atoms with van der Waals surface area (Å²) < 4.78 is 16.7. The summed E-state index contributed by atoms with van der Waals surface area (Å²) >= 11 is 0. The molecule has 6 nitrogen and oxygen atoms in total. The van der Waals surface area contributed by atoms with Gasteiger partial charge in [0, 0.05) is 19.3 Å². The lowest BCUT2D eigenvalue weighted by Gasteiger charge is -2.18. The molecule has 0 saturated carbocycles. The summed E-state index contributed by atoms with van der Waals surface area (Å²) in [4.78, 5) is 37.8. The summed E-state index contributed by atoms with van der Waals surface area (Å²) in [6.45, 7) is 6.46. The number of esters is 3. The zero-order valence-corrected chi connectivity index (χ0v) is 37.3. The SMILES string of the molecule is CCC=CCC=CCC=CCC=CCC=CCCCC(=O)OC(COC(=O)CCCCCCCCCCCCC)COC(=O)CCCCCCCCCCCCC. The third-order valence-electron chi connectivity index (χ3n) is 10.0. The Hall–Kier alpha value is -2.89. The molecule has 0 aliphatic rings. The minimum Gasteiger partial charge on any atom is -0.462 e. The molecule has 0 unspecified atom stereocenters. The molecule has 0 atom stereocenters. The number of hydrogen-bond donors (Lipinski definition) is 0. The lowest BCUT2D eigenvalue weighted by molar-refractivity contribution is -0.167. The van der Waals surface area contributed by atoms with E-state index in [1.165, 1.54) is 103 Å². The van der Waals surface area contributed by atoms with E-state index in [1.807, 2.05) is 0 Å². The van der Waals surface area contributed by atoms with E-state index in [2.05, 4.69) is 81.5 Å². The Bertz CT molecular complexity index is 1010. The molecule has 0 aromatic rings. The van der Waals surface area contributed by atoms with Gasteiger partial charge in [-0.1, -0.05) is 210 Å². The maximum Gasteiger partial charge on any atom is 0.306 e. The summed E-state index contributed by atoms with van der Waals surface area (Å²) in [6.07, 6.45) is 54.9. The van der Waals surface area contributed by atoms with Crippen LogP contribution in [0, 0.1) is 0 Å². The molecular weight excluding hydrogens is 709 g/mol. The molecule has 0 saturated heterocycles. The van der Waals surface area contributed by atoms with E-state index in [9.17, 15) is 14.4 Å². The first-order valence-corrected chi connectivity index (χ1v) is 23.8. The van der Waals surface area contributed by atoms with Crippen LogP contribution in [0.15, 0.2) is 60.8 Å². The summed E-state index contributed by atoms with van der Waals surface area (Å²) in [5, 5.41) is 0. The minimum absolute atomic E-state index is 0.0941. The maximum absolute atomic E-state index is 12.7. The first-order valence-electron chi connectivity index (χ1n) is 23.8. The zero-order valence-electron chi connectivity index (χ0n) is 37.3. The molecule has 0 rings (SSSR count). The van der Waals surface area contributed by atoms with Crippen molar-refractivity contribution in [3.8, 4) is 0 Å². The fourth-order valence-corrected chi connectivity index (χ4v) is 6.48. The fourth-order valence-electron chi connectivity index (χ4n) is 6.48. The van der Waals surface area contributed by atoms with E-state index < -0.39 is 6.10 Å². The average Bonchev–Trinajstić information content (AvgIpc) is 3.21. The Kier molecular flexibility index (Phi) is 43.5. The second kappa shape index (κ2) is 45.8. The molecule has 0 heterocycles. The Labute approximate surface area is 351 Å². The normalized spacial score (nSPS) is 12.1. The molecule has 0 aromatic heterocycles. The van der Waals surface area contributed by atoms with Gasteiger partial charge in [0.15, 0.2) is 6.10 Å². The molecule has 0 radical (unpaired) electrons. The highest BCUT2D eigenvalue weighted by Crippen LogP contribution is 2.14. The Balaban J connectivity index is 4.47. The number of unbranched alkanes of at least 4 members (excludes halogenated alkanes) is 21. The summed E-state index contributed by atoms with van der Waals surface area (Å²) in [5.74, 6) is -0.953. The van der Waals surface area contributed by atoms with Crippen LogP contribution in [-0.4, -0.2) is 37.2 Å². The molecule has 0 spiro atoms. The lowest BCUT2D eigenvalue weighted by Crippen LogP contribution is -2.30. The highest BCUT2D eigenvalue weighted by atomic mass is 16.6. The third-order valence-corrected chi connectivity index (χ3v) is 10.0. The van der Waals surface area contributed by atoms with Crippen molar-refractivity contribution in [2.24, 2.45) is 0 Å². The summed E-state index contributed by atoms with van der Waals surface area (Å²) in [7, 11) is 0. The van der Waals surface area contributed by atoms with Crippen LogP contribution in [0.2, 0.25) is 0 Å². The van der Waals surface area contributed by atoms with E-state index in [0.717, 1.165) is 77.0 Å². The van der Waals surface area contributed by atoms with E-state index in [-0.39, 0.29) is 37.5 Å². The summed E-state index contributed by atoms with van der Waals surface area (Å²) in [6, 6.07) is 0. The number of carbonyl (C=O) groups excluding carboxylic acids is 3. The highest BCUT2D eigenvalue weighted by molar-refractivity contribution is 5.71. The van der Waals surface area contributed by atoms with Crippen molar-refractivity contribution in [1.29, 1.82) is 0 Å². The predicted molar refractivity (Wildman–Crippen MR) is 242 cm³/mol. The van der Waals surface area contributed by atoms with Crippen molar-refractivity contribution in [2.75, 3.05) is 13.2 Å². The molecule has 0 aliphatic carbocycles. The van der Waals surface area contributed by atoms with Crippen molar-refractivity contribution in [2.45, 2.75) is 232 Å². The quantitative estimate of drug-likeness (QED) is 0.0265. The van der Waals surface area contributed by atoms with Gasteiger partial charge < -0.3 is 14.2 Å². The second-order valence-corrected chi connectivity index (χ2v) is 15.6. The Morgan fingerprint density at radius 3 is 1.05 bits per heavy atom. The average molecular weight is 797 g/mol. The zero-order chi connectivity index (χ0) is 41.5. The molecule has 0 N–H and O–H groups in total. The monoisotopic (exact) mass is 797 g/mol. The smallest absolute Gasteiger partial charge is 0.306 e. The minimum atomic E-state index is -0.797. The fraction of sp³-hybridized carbons (Fsp3) is 0.745. The molecule has 328 valence electrons. The predicted octanol–water partition coefficient (Wildman–Crippen LogP) is 15.3. The molecule has 0 aliphatic heterocycles. The summed E-state index contributed by atoms with van der Waals surface area (Å²) in [5.41, 5.74) is 0. The molecular formula is C51H88O6. The van der Waals surface area contributed by atoms with E-state index in [1.54, 1.807) is 0 Å². The topological polar surface area (TPSA) is 78.9 Å². The van der Waals surface area contributed by atoms with Crippen LogP contribution in [-0.2, 0) is 28.6 Å². The molecule has 0 bridgehead atoms. The molecule has 6 heteroatoms. The number of carbonyl (C=O) groups is 3. The van der Waals surface area contributed by atoms with Gasteiger partial charge in [-0.05, 0) is 57.8 Å². The van der Waals surface area contributed by atoms with Crippen LogP contribution in [0.1, 0.15) is 226 Å². The number of ether oxygens (including phenoxy) is 3. The standard InChI is InChI=1S/C51H88O6/c1-4-7-10-13-16-19-22-23-24-25-26-27-30-33-36-39-42-45-51(54)57-48(46-55-49(52)43-40-37-34-31-28-20-17-14-11-8-5-2)47-56-50(53)44-41-38-35-32-29-21-18-15-12-9-6-3/h7,10,16,19,23-24,26-27,33,36,48H,4-6,8-9,11-15,17-18,20-22,25,28-32,34-35,37-47H2,1-3H3. The van der Waals surface area contributed by atoms with Gasteiger partial charge >= 0.3 is 17.9 Å². The van der Waals surface area contributed by atoms with Gasteiger partial charge in [0.2, 0.25) is 0 Å². The Morgan fingerprint density at radius 2 is 0.684 bits per heavy atom. The van der Waals surface area contributed by atoms with Crippen LogP contribution < -0.4 is 0 Å². The van der Waals surface area contributed by atoms with Gasteiger partial charge in [-0.15, -0.1) is 0 Å². The maximum atomic E-state index is 12.7. The number of rotatable bonds is 42. The van der Waals surface area contributed by atoms with Crippen molar-refractivity contribution < 1.29 is 28.6 Å². The molecule has 0 aromatic carbocycles. The molecule has 57 heavy (non-hydrogen) atoms. The van der Waals surface area contributed by atoms with Crippen LogP contribution in [0.25, 0.3) is 0 Å². The largest absolute Gasteiger partial charge is 0.462 e. The number of allylic oxidation sites excluding steroid dienone is 10. The van der Waals surface area contributed by atoms with E-state index in [0.29, 0.717) is 19.3 Å². The van der Waals surface area contributed by atoms with Gasteiger partial charge in [0.25, 0.3) is 0 Å². The van der Waals surface area contributed by atoms with Crippen LogP contribution in [0.5, 0.6) is 0 Å². The van der Waals surface area contributed by atoms with Crippen molar-refractivity contribution >= 4 is 17.9 Å². The molecule has 0 fully saturated rings. The van der Waals surface area contributed by atoms with Gasteiger partial charge in [-0.2, -0.15) is 0 Å². The van der Waals surface area contributed by atoms with E-state index in [4.69, 9.17) is 14.2 Å². The van der Waals surface area contributed by atoms with Crippen molar-refractivity contribution in [3.05, 3.63) is 60.8 Å². The van der Waals surface area contributed by atoms with Crippen molar-refractivity contribution in [3.63, 3.8) is 0 Å². The lowest BCUT2D eigenvalue weighted by atomic mass is 10.1. The van der Waals surface area contributed by atoms with Crippen LogP contribution >= 0.6 is 0 Å². The number of hydrogen-bond acceptors (Lipinski definition) is 6. The Morgan fingerprint density at radius 1 is 0.368 bits per heavy atom. The second-order valence-electron chi connectivity index (χ2n) is 15.6. The van der Waals surface area contributed by atoms with Gasteiger partial charge in [0.05, 0.1) is 0 Å². The van der Waals surface area contributed by atoms with Gasteiger partial charge in [-0.25, -0.2) is 0 Å². The first-order chi connectivity index (χ1) is 28.0. The van der Waals surface area contributed by atoms with Gasteiger partial charge in [0.1, 0.15) is 13.2 Å². The third kappa shape index (κ3) is 44.1. The first kappa shape index (κ1) is 54.1. The van der Waals surface area contributed by atoms with Crippen LogP contribution in [0.3, 0.4) is 0 Å².